The van der Waals surface area contributed by atoms with Crippen LogP contribution in [0.5, 0.6) is 0 Å². The summed E-state index contributed by atoms with van der Waals surface area (Å²) in [6.45, 7) is 6.26. The summed E-state index contributed by atoms with van der Waals surface area (Å²) < 4.78 is 0. The van der Waals surface area contributed by atoms with Gasteiger partial charge in [-0.1, -0.05) is 25.8 Å². The van der Waals surface area contributed by atoms with Gasteiger partial charge in [0.2, 0.25) is 0 Å². The molecule has 2 N–H and O–H groups in total. The van der Waals surface area contributed by atoms with Gasteiger partial charge in [-0.3, -0.25) is 4.79 Å². The highest BCUT2D eigenvalue weighted by molar-refractivity contribution is 5.95. The van der Waals surface area contributed by atoms with E-state index in [2.05, 4.69) is 12.2 Å². The number of hydrogen-bond donors (Lipinski definition) is 2. The molecule has 0 spiro atoms. The van der Waals surface area contributed by atoms with Crippen LogP contribution in [0.15, 0.2) is 18.2 Å². The van der Waals surface area contributed by atoms with Crippen molar-refractivity contribution in [1.82, 2.24) is 5.32 Å². The molecule has 2 rings (SSSR count). The highest BCUT2D eigenvalue weighted by Crippen LogP contribution is 2.32. The Morgan fingerprint density at radius 2 is 2.15 bits per heavy atom. The van der Waals surface area contributed by atoms with Crippen molar-refractivity contribution in [3.05, 3.63) is 34.9 Å². The minimum atomic E-state index is -0.437. The average Bonchev–Trinajstić information content (AvgIpc) is 2.41. The third-order valence-electron chi connectivity index (χ3n) is 4.54. The Morgan fingerprint density at radius 1 is 1.40 bits per heavy atom. The monoisotopic (exact) mass is 275 g/mol. The van der Waals surface area contributed by atoms with Crippen LogP contribution < -0.4 is 5.32 Å². The number of aliphatic hydroxyl groups is 1. The van der Waals surface area contributed by atoms with Crippen molar-refractivity contribution in [2.75, 3.05) is 6.61 Å². The number of nitrogens with one attached hydrogen (secondary N) is 1. The van der Waals surface area contributed by atoms with Gasteiger partial charge in [-0.05, 0) is 55.9 Å². The van der Waals surface area contributed by atoms with Gasteiger partial charge in [-0.2, -0.15) is 0 Å². The van der Waals surface area contributed by atoms with Crippen molar-refractivity contribution in [2.45, 2.75) is 52.0 Å². The summed E-state index contributed by atoms with van der Waals surface area (Å²) in [5, 5.41) is 12.8. The lowest BCUT2D eigenvalue weighted by Gasteiger charge is -2.39. The van der Waals surface area contributed by atoms with E-state index in [-0.39, 0.29) is 12.5 Å². The predicted molar refractivity (Wildman–Crippen MR) is 80.8 cm³/mol. The molecule has 1 aromatic rings. The van der Waals surface area contributed by atoms with Gasteiger partial charge in [0, 0.05) is 5.56 Å². The van der Waals surface area contributed by atoms with Gasteiger partial charge >= 0.3 is 0 Å². The summed E-state index contributed by atoms with van der Waals surface area (Å²) >= 11 is 0. The van der Waals surface area contributed by atoms with Crippen molar-refractivity contribution < 1.29 is 9.90 Å². The zero-order valence-electron chi connectivity index (χ0n) is 12.7. The Bertz CT molecular complexity index is 498. The molecule has 1 saturated carbocycles. The lowest BCUT2D eigenvalue weighted by molar-refractivity contribution is 0.0697. The van der Waals surface area contributed by atoms with E-state index in [1.54, 1.807) is 0 Å². The first-order chi connectivity index (χ1) is 9.46. The summed E-state index contributed by atoms with van der Waals surface area (Å²) in [5.41, 5.74) is 2.55. The molecule has 110 valence electrons. The molecule has 3 heteroatoms. The topological polar surface area (TPSA) is 49.3 Å². The van der Waals surface area contributed by atoms with Gasteiger partial charge in [-0.15, -0.1) is 0 Å². The SMILES string of the molecule is Cc1ccc(C(=O)NC2(CO)CCCC(C)C2)cc1C. The minimum Gasteiger partial charge on any atom is -0.394 e. The van der Waals surface area contributed by atoms with Crippen LogP contribution in [0.1, 0.15) is 54.1 Å². The van der Waals surface area contributed by atoms with E-state index in [1.165, 1.54) is 12.0 Å². The number of benzene rings is 1. The molecule has 0 bridgehead atoms. The van der Waals surface area contributed by atoms with Crippen molar-refractivity contribution in [3.63, 3.8) is 0 Å². The summed E-state index contributed by atoms with van der Waals surface area (Å²) in [7, 11) is 0. The molecule has 0 aromatic heterocycles. The zero-order valence-corrected chi connectivity index (χ0v) is 12.7. The van der Waals surface area contributed by atoms with Gasteiger partial charge < -0.3 is 10.4 Å². The number of carbonyl (C=O) groups excluding carboxylic acids is 1. The lowest BCUT2D eigenvalue weighted by atomic mass is 9.76. The number of rotatable bonds is 3. The van der Waals surface area contributed by atoms with Gasteiger partial charge in [0.1, 0.15) is 0 Å². The maximum absolute atomic E-state index is 12.4. The standard InChI is InChI=1S/C17H25NO2/c1-12-5-4-8-17(10-12,11-19)18-16(20)15-7-6-13(2)14(3)9-15/h6-7,9,12,19H,4-5,8,10-11H2,1-3H3,(H,18,20). The molecular formula is C17H25NO2. The van der Waals surface area contributed by atoms with Gasteiger partial charge in [0.25, 0.3) is 5.91 Å². The summed E-state index contributed by atoms with van der Waals surface area (Å²) in [4.78, 5) is 12.4. The molecule has 0 saturated heterocycles. The van der Waals surface area contributed by atoms with Gasteiger partial charge in [-0.25, -0.2) is 0 Å². The van der Waals surface area contributed by atoms with E-state index in [9.17, 15) is 9.90 Å². The van der Waals surface area contributed by atoms with Gasteiger partial charge in [0.05, 0.1) is 12.1 Å². The van der Waals surface area contributed by atoms with E-state index in [0.29, 0.717) is 11.5 Å². The second kappa shape index (κ2) is 5.96. The molecule has 0 heterocycles. The summed E-state index contributed by atoms with van der Waals surface area (Å²) in [5.74, 6) is 0.479. The van der Waals surface area contributed by atoms with Crippen LogP contribution in [-0.4, -0.2) is 23.2 Å². The molecule has 2 atom stereocenters. The van der Waals surface area contributed by atoms with Crippen LogP contribution in [0.25, 0.3) is 0 Å². The fourth-order valence-electron chi connectivity index (χ4n) is 3.15. The van der Waals surface area contributed by atoms with Crippen molar-refractivity contribution in [3.8, 4) is 0 Å². The Morgan fingerprint density at radius 3 is 2.75 bits per heavy atom. The largest absolute Gasteiger partial charge is 0.394 e. The molecule has 1 aliphatic rings. The van der Waals surface area contributed by atoms with E-state index >= 15 is 0 Å². The highest BCUT2D eigenvalue weighted by Gasteiger charge is 2.35. The molecule has 2 unspecified atom stereocenters. The quantitative estimate of drug-likeness (QED) is 0.891. The van der Waals surface area contributed by atoms with E-state index in [0.717, 1.165) is 24.8 Å². The number of amides is 1. The Labute approximate surface area is 121 Å². The first-order valence-corrected chi connectivity index (χ1v) is 7.46. The fraction of sp³-hybridized carbons (Fsp3) is 0.588. The average molecular weight is 275 g/mol. The number of aryl methyl sites for hydroxylation is 2. The highest BCUT2D eigenvalue weighted by atomic mass is 16.3. The second-order valence-electron chi connectivity index (χ2n) is 6.39. The minimum absolute atomic E-state index is 0.0217. The fourth-order valence-corrected chi connectivity index (χ4v) is 3.15. The van der Waals surface area contributed by atoms with Crippen LogP contribution in [0.3, 0.4) is 0 Å². The molecule has 1 aromatic carbocycles. The second-order valence-corrected chi connectivity index (χ2v) is 6.39. The Hall–Kier alpha value is -1.35. The van der Waals surface area contributed by atoms with E-state index < -0.39 is 5.54 Å². The lowest BCUT2D eigenvalue weighted by Crippen LogP contribution is -2.53. The van der Waals surface area contributed by atoms with Crippen LogP contribution in [-0.2, 0) is 0 Å². The molecule has 20 heavy (non-hydrogen) atoms. The first kappa shape index (κ1) is 15.0. The predicted octanol–water partition coefficient (Wildman–Crippen LogP) is 2.97. The van der Waals surface area contributed by atoms with Gasteiger partial charge in [0.15, 0.2) is 0 Å². The molecule has 0 radical (unpaired) electrons. The maximum Gasteiger partial charge on any atom is 0.251 e. The Kier molecular flexibility index (Phi) is 4.48. The zero-order chi connectivity index (χ0) is 14.8. The normalized spacial score (nSPS) is 26.3. The van der Waals surface area contributed by atoms with Crippen LogP contribution >= 0.6 is 0 Å². The number of carbonyl (C=O) groups is 1. The Balaban J connectivity index is 2.14. The molecule has 1 amide bonds. The third kappa shape index (κ3) is 3.21. The van der Waals surface area contributed by atoms with E-state index in [1.807, 2.05) is 32.0 Å². The van der Waals surface area contributed by atoms with Crippen molar-refractivity contribution in [2.24, 2.45) is 5.92 Å². The third-order valence-corrected chi connectivity index (χ3v) is 4.54. The molecule has 1 fully saturated rings. The van der Waals surface area contributed by atoms with Crippen molar-refractivity contribution >= 4 is 5.91 Å². The smallest absolute Gasteiger partial charge is 0.251 e. The number of hydrogen-bond acceptors (Lipinski definition) is 2. The molecule has 3 nitrogen and oxygen atoms in total. The summed E-state index contributed by atoms with van der Waals surface area (Å²) in [6.07, 6.45) is 3.97. The summed E-state index contributed by atoms with van der Waals surface area (Å²) in [6, 6.07) is 5.75. The maximum atomic E-state index is 12.4. The number of aliphatic hydroxyl groups excluding tert-OH is 1. The van der Waals surface area contributed by atoms with Crippen molar-refractivity contribution in [1.29, 1.82) is 0 Å². The molecule has 0 aliphatic heterocycles. The van der Waals surface area contributed by atoms with Crippen LogP contribution in [0.2, 0.25) is 0 Å². The molecular weight excluding hydrogens is 250 g/mol. The van der Waals surface area contributed by atoms with Crippen LogP contribution in [0, 0.1) is 19.8 Å². The molecule has 1 aliphatic carbocycles. The van der Waals surface area contributed by atoms with E-state index in [4.69, 9.17) is 0 Å². The first-order valence-electron chi connectivity index (χ1n) is 7.46. The van der Waals surface area contributed by atoms with Crippen LogP contribution in [0.4, 0.5) is 0 Å².